The van der Waals surface area contributed by atoms with Crippen molar-refractivity contribution in [3.63, 3.8) is 0 Å². The van der Waals surface area contributed by atoms with Crippen molar-refractivity contribution < 1.29 is 14.0 Å². The maximum atomic E-state index is 12.6. The van der Waals surface area contributed by atoms with Crippen molar-refractivity contribution in [2.45, 2.75) is 26.7 Å². The van der Waals surface area contributed by atoms with Crippen LogP contribution in [-0.4, -0.2) is 18.2 Å². The van der Waals surface area contributed by atoms with Crippen LogP contribution in [0.2, 0.25) is 0 Å². The maximum absolute atomic E-state index is 12.6. The van der Waals surface area contributed by atoms with Gasteiger partial charge >= 0.3 is 0 Å². The van der Waals surface area contributed by atoms with E-state index in [0.717, 1.165) is 18.4 Å². The Morgan fingerprint density at radius 1 is 1.24 bits per heavy atom. The lowest BCUT2D eigenvalue weighted by atomic mass is 9.96. The first-order chi connectivity index (χ1) is 10.1. The number of benzene rings is 1. The minimum atomic E-state index is -0.107. The lowest BCUT2D eigenvalue weighted by molar-refractivity contribution is 0.0956. The third-order valence-electron chi connectivity index (χ3n) is 3.81. The summed E-state index contributed by atoms with van der Waals surface area (Å²) in [6.45, 7) is 4.27. The number of carbonyl (C=O) groups excluding carboxylic acids is 2. The van der Waals surface area contributed by atoms with E-state index in [2.05, 4.69) is 5.32 Å². The summed E-state index contributed by atoms with van der Waals surface area (Å²) in [6.07, 6.45) is 1.78. The van der Waals surface area contributed by atoms with Gasteiger partial charge in [0.05, 0.1) is 5.56 Å². The van der Waals surface area contributed by atoms with Crippen LogP contribution in [0.15, 0.2) is 28.7 Å². The highest BCUT2D eigenvalue weighted by Crippen LogP contribution is 2.21. The second-order valence-electron chi connectivity index (χ2n) is 5.39. The Labute approximate surface area is 123 Å². The van der Waals surface area contributed by atoms with E-state index in [9.17, 15) is 9.59 Å². The fourth-order valence-corrected chi connectivity index (χ4v) is 2.73. The first kappa shape index (κ1) is 13.6. The fourth-order valence-electron chi connectivity index (χ4n) is 2.73. The normalized spacial score (nSPS) is 14.3. The zero-order valence-electron chi connectivity index (χ0n) is 12.2. The molecule has 0 aliphatic carbocycles. The summed E-state index contributed by atoms with van der Waals surface area (Å²) in [7, 11) is 0. The highest BCUT2D eigenvalue weighted by Gasteiger charge is 2.20. The maximum Gasteiger partial charge on any atom is 0.251 e. The Balaban J connectivity index is 2.02. The molecule has 1 amide bonds. The summed E-state index contributed by atoms with van der Waals surface area (Å²) < 4.78 is 5.41. The van der Waals surface area contributed by atoms with Gasteiger partial charge in [0.15, 0.2) is 5.78 Å². The molecular formula is C17H17NO3. The Bertz CT molecular complexity index is 728. The molecular weight excluding hydrogens is 266 g/mol. The van der Waals surface area contributed by atoms with Gasteiger partial charge in [-0.3, -0.25) is 9.59 Å². The van der Waals surface area contributed by atoms with E-state index < -0.39 is 0 Å². The molecule has 1 N–H and O–H groups in total. The SMILES string of the molecule is Cc1cc(C(=O)c2ccc3c(c2)C(=O)NCCC3)c(C)o1. The smallest absolute Gasteiger partial charge is 0.251 e. The summed E-state index contributed by atoms with van der Waals surface area (Å²) >= 11 is 0. The molecule has 0 spiro atoms. The number of carbonyl (C=O) groups is 2. The van der Waals surface area contributed by atoms with Gasteiger partial charge in [-0.1, -0.05) is 12.1 Å². The van der Waals surface area contributed by atoms with Gasteiger partial charge in [0.25, 0.3) is 5.91 Å². The van der Waals surface area contributed by atoms with Gasteiger partial charge in [-0.05, 0) is 44.4 Å². The number of aryl methyl sites for hydroxylation is 3. The summed E-state index contributed by atoms with van der Waals surface area (Å²) in [6, 6.07) is 7.11. The van der Waals surface area contributed by atoms with E-state index in [0.29, 0.717) is 34.8 Å². The molecule has 1 aromatic carbocycles. The lowest BCUT2D eigenvalue weighted by Crippen LogP contribution is -2.22. The number of hydrogen-bond acceptors (Lipinski definition) is 3. The number of rotatable bonds is 2. The zero-order valence-corrected chi connectivity index (χ0v) is 12.2. The third kappa shape index (κ3) is 2.49. The predicted molar refractivity (Wildman–Crippen MR) is 78.7 cm³/mol. The van der Waals surface area contributed by atoms with Crippen LogP contribution in [-0.2, 0) is 6.42 Å². The van der Waals surface area contributed by atoms with Crippen LogP contribution in [0.5, 0.6) is 0 Å². The molecule has 2 heterocycles. The quantitative estimate of drug-likeness (QED) is 0.862. The van der Waals surface area contributed by atoms with Crippen molar-refractivity contribution >= 4 is 11.7 Å². The topological polar surface area (TPSA) is 59.3 Å². The Kier molecular flexibility index (Phi) is 3.37. The van der Waals surface area contributed by atoms with Crippen LogP contribution >= 0.6 is 0 Å². The van der Waals surface area contributed by atoms with Gasteiger partial charge < -0.3 is 9.73 Å². The molecule has 0 radical (unpaired) electrons. The summed E-state index contributed by atoms with van der Waals surface area (Å²) in [5.74, 6) is 1.11. The Morgan fingerprint density at radius 2 is 2.05 bits per heavy atom. The van der Waals surface area contributed by atoms with Crippen LogP contribution < -0.4 is 5.32 Å². The zero-order chi connectivity index (χ0) is 15.0. The standard InChI is InChI=1S/C17H17NO3/c1-10-8-14(11(2)21-10)16(19)13-6-5-12-4-3-7-18-17(20)15(12)9-13/h5-6,8-9H,3-4,7H2,1-2H3,(H,18,20). The number of ketones is 1. The van der Waals surface area contributed by atoms with Crippen molar-refractivity contribution in [2.75, 3.05) is 6.54 Å². The van der Waals surface area contributed by atoms with E-state index in [-0.39, 0.29) is 11.7 Å². The highest BCUT2D eigenvalue weighted by molar-refractivity contribution is 6.11. The van der Waals surface area contributed by atoms with Gasteiger partial charge in [0, 0.05) is 17.7 Å². The molecule has 0 atom stereocenters. The van der Waals surface area contributed by atoms with Gasteiger partial charge in [-0.25, -0.2) is 0 Å². The van der Waals surface area contributed by atoms with E-state index in [1.54, 1.807) is 25.1 Å². The second-order valence-corrected chi connectivity index (χ2v) is 5.39. The molecule has 1 aromatic heterocycles. The summed E-state index contributed by atoms with van der Waals surface area (Å²) in [5, 5.41) is 2.85. The molecule has 4 nitrogen and oxygen atoms in total. The molecule has 108 valence electrons. The predicted octanol–water partition coefficient (Wildman–Crippen LogP) is 2.80. The lowest BCUT2D eigenvalue weighted by Gasteiger charge is -2.07. The molecule has 0 saturated carbocycles. The van der Waals surface area contributed by atoms with E-state index in [4.69, 9.17) is 4.42 Å². The highest BCUT2D eigenvalue weighted by atomic mass is 16.3. The molecule has 4 heteroatoms. The average molecular weight is 283 g/mol. The van der Waals surface area contributed by atoms with Gasteiger partial charge in [0.1, 0.15) is 11.5 Å². The first-order valence-corrected chi connectivity index (χ1v) is 7.09. The van der Waals surface area contributed by atoms with E-state index in [1.165, 1.54) is 0 Å². The van der Waals surface area contributed by atoms with Gasteiger partial charge in [-0.2, -0.15) is 0 Å². The van der Waals surface area contributed by atoms with Crippen molar-refractivity contribution in [1.29, 1.82) is 0 Å². The number of nitrogens with one attached hydrogen (secondary N) is 1. The first-order valence-electron chi connectivity index (χ1n) is 7.09. The van der Waals surface area contributed by atoms with Crippen LogP contribution in [0, 0.1) is 13.8 Å². The minimum absolute atomic E-state index is 0.0998. The Morgan fingerprint density at radius 3 is 2.76 bits per heavy atom. The summed E-state index contributed by atoms with van der Waals surface area (Å²) in [5.41, 5.74) is 2.69. The fraction of sp³-hybridized carbons (Fsp3) is 0.294. The third-order valence-corrected chi connectivity index (χ3v) is 3.81. The molecule has 1 aliphatic heterocycles. The summed E-state index contributed by atoms with van der Waals surface area (Å²) in [4.78, 5) is 24.6. The van der Waals surface area contributed by atoms with Crippen molar-refractivity contribution in [3.8, 4) is 0 Å². The number of fused-ring (bicyclic) bond motifs is 1. The van der Waals surface area contributed by atoms with Crippen LogP contribution in [0.1, 0.15) is 49.8 Å². The largest absolute Gasteiger partial charge is 0.466 e. The van der Waals surface area contributed by atoms with Crippen molar-refractivity contribution in [1.82, 2.24) is 5.32 Å². The molecule has 0 saturated heterocycles. The Hall–Kier alpha value is -2.36. The molecule has 2 aromatic rings. The average Bonchev–Trinajstić information content (AvgIpc) is 2.69. The van der Waals surface area contributed by atoms with E-state index in [1.807, 2.05) is 13.0 Å². The number of furan rings is 1. The molecule has 3 rings (SSSR count). The molecule has 0 fully saturated rings. The van der Waals surface area contributed by atoms with Gasteiger partial charge in [-0.15, -0.1) is 0 Å². The number of hydrogen-bond donors (Lipinski definition) is 1. The van der Waals surface area contributed by atoms with Crippen molar-refractivity contribution in [3.05, 3.63) is 58.0 Å². The monoisotopic (exact) mass is 283 g/mol. The van der Waals surface area contributed by atoms with E-state index >= 15 is 0 Å². The minimum Gasteiger partial charge on any atom is -0.466 e. The van der Waals surface area contributed by atoms with Crippen molar-refractivity contribution in [2.24, 2.45) is 0 Å². The molecule has 1 aliphatic rings. The molecule has 21 heavy (non-hydrogen) atoms. The second kappa shape index (κ2) is 5.20. The van der Waals surface area contributed by atoms with Crippen LogP contribution in [0.3, 0.4) is 0 Å². The van der Waals surface area contributed by atoms with Crippen LogP contribution in [0.4, 0.5) is 0 Å². The molecule has 0 bridgehead atoms. The molecule has 0 unspecified atom stereocenters. The van der Waals surface area contributed by atoms with Gasteiger partial charge in [0.2, 0.25) is 0 Å². The van der Waals surface area contributed by atoms with Crippen LogP contribution in [0.25, 0.3) is 0 Å². The number of amides is 1.